The summed E-state index contributed by atoms with van der Waals surface area (Å²) in [5.74, 6) is 0.898. The van der Waals surface area contributed by atoms with E-state index in [1.54, 1.807) is 11.9 Å². The first-order valence-electron chi connectivity index (χ1n) is 8.74. The highest BCUT2D eigenvalue weighted by Gasteiger charge is 2.54. The Balaban J connectivity index is 1.66. The number of rotatable bonds is 3. The lowest BCUT2D eigenvalue weighted by molar-refractivity contribution is -0.137. The van der Waals surface area contributed by atoms with E-state index in [9.17, 15) is 9.59 Å². The van der Waals surface area contributed by atoms with E-state index in [2.05, 4.69) is 9.80 Å². The Hall–Kier alpha value is -2.57. The second kappa shape index (κ2) is 5.75. The van der Waals surface area contributed by atoms with Crippen molar-refractivity contribution < 1.29 is 9.59 Å². The van der Waals surface area contributed by atoms with E-state index in [1.165, 1.54) is 4.90 Å². The standard InChI is InChI=1S/C18H23N5O2/c1-12(2)11-23-16(24)14-15(20(3)18(23)25)19-17-21(9-10-22(14)17)13-7-5-4-6-8-13/h4-8,12,14-15H,9-11H2,1-3H3. The Bertz CT molecular complexity index is 732. The third-order valence-corrected chi connectivity index (χ3v) is 4.99. The van der Waals surface area contributed by atoms with Gasteiger partial charge in [0.15, 0.2) is 12.2 Å². The van der Waals surface area contributed by atoms with Crippen molar-refractivity contribution in [1.82, 2.24) is 14.7 Å². The molecule has 3 aliphatic rings. The fourth-order valence-electron chi connectivity index (χ4n) is 3.82. The number of likely N-dealkylation sites (N-methyl/N-ethyl adjacent to an activating group) is 1. The van der Waals surface area contributed by atoms with Gasteiger partial charge in [-0.2, -0.15) is 0 Å². The Morgan fingerprint density at radius 1 is 1.16 bits per heavy atom. The number of guanidine groups is 1. The van der Waals surface area contributed by atoms with Crippen LogP contribution in [0.1, 0.15) is 13.8 Å². The van der Waals surface area contributed by atoms with Crippen molar-refractivity contribution >= 4 is 23.6 Å². The number of hydrogen-bond donors (Lipinski definition) is 0. The summed E-state index contributed by atoms with van der Waals surface area (Å²) in [4.78, 5) is 37.6. The molecule has 7 nitrogen and oxygen atoms in total. The number of anilines is 1. The van der Waals surface area contributed by atoms with Gasteiger partial charge in [-0.25, -0.2) is 9.79 Å². The van der Waals surface area contributed by atoms with Crippen molar-refractivity contribution in [2.24, 2.45) is 10.9 Å². The van der Waals surface area contributed by atoms with E-state index in [4.69, 9.17) is 4.99 Å². The molecule has 0 spiro atoms. The molecule has 2 atom stereocenters. The van der Waals surface area contributed by atoms with Crippen LogP contribution in [0.3, 0.4) is 0 Å². The Labute approximate surface area is 147 Å². The average molecular weight is 341 g/mol. The molecule has 0 aliphatic carbocycles. The van der Waals surface area contributed by atoms with Crippen molar-refractivity contribution in [1.29, 1.82) is 0 Å². The maximum atomic E-state index is 13.0. The van der Waals surface area contributed by atoms with Gasteiger partial charge in [0.2, 0.25) is 5.96 Å². The molecule has 0 radical (unpaired) electrons. The molecule has 0 bridgehead atoms. The fraction of sp³-hybridized carbons (Fsp3) is 0.500. The summed E-state index contributed by atoms with van der Waals surface area (Å²) < 4.78 is 0. The van der Waals surface area contributed by atoms with Crippen LogP contribution in [0.4, 0.5) is 10.5 Å². The zero-order chi connectivity index (χ0) is 17.7. The monoisotopic (exact) mass is 341 g/mol. The molecule has 7 heteroatoms. The van der Waals surface area contributed by atoms with Crippen LogP contribution in [-0.2, 0) is 4.79 Å². The summed E-state index contributed by atoms with van der Waals surface area (Å²) >= 11 is 0. The number of fused-ring (bicyclic) bond motifs is 3. The number of nitrogens with zero attached hydrogens (tertiary/aromatic N) is 5. The van der Waals surface area contributed by atoms with E-state index < -0.39 is 12.2 Å². The first-order valence-corrected chi connectivity index (χ1v) is 8.74. The van der Waals surface area contributed by atoms with E-state index in [1.807, 2.05) is 44.2 Å². The van der Waals surface area contributed by atoms with Crippen LogP contribution in [0.25, 0.3) is 0 Å². The molecular formula is C18H23N5O2. The van der Waals surface area contributed by atoms with Gasteiger partial charge >= 0.3 is 6.03 Å². The minimum Gasteiger partial charge on any atom is -0.325 e. The van der Waals surface area contributed by atoms with Crippen LogP contribution >= 0.6 is 0 Å². The maximum Gasteiger partial charge on any atom is 0.328 e. The number of carbonyl (C=O) groups is 2. The highest BCUT2D eigenvalue weighted by atomic mass is 16.2. The normalized spacial score (nSPS) is 25.7. The van der Waals surface area contributed by atoms with Crippen LogP contribution in [0.5, 0.6) is 0 Å². The predicted molar refractivity (Wildman–Crippen MR) is 95.2 cm³/mol. The molecular weight excluding hydrogens is 318 g/mol. The second-order valence-electron chi connectivity index (χ2n) is 7.20. The quantitative estimate of drug-likeness (QED) is 0.834. The molecule has 0 saturated carbocycles. The summed E-state index contributed by atoms with van der Waals surface area (Å²) in [7, 11) is 1.73. The molecule has 25 heavy (non-hydrogen) atoms. The summed E-state index contributed by atoms with van der Waals surface area (Å²) in [5, 5.41) is 0. The summed E-state index contributed by atoms with van der Waals surface area (Å²) in [5.41, 5.74) is 1.06. The van der Waals surface area contributed by atoms with Gasteiger partial charge in [-0.05, 0) is 18.1 Å². The molecule has 4 rings (SSSR count). The number of aliphatic imine (C=N–C) groups is 1. The van der Waals surface area contributed by atoms with Gasteiger partial charge in [-0.15, -0.1) is 0 Å². The summed E-state index contributed by atoms with van der Waals surface area (Å²) in [6.07, 6.45) is -0.440. The number of amides is 3. The molecule has 3 amide bonds. The van der Waals surface area contributed by atoms with Crippen molar-refractivity contribution in [3.8, 4) is 0 Å². The van der Waals surface area contributed by atoms with Crippen molar-refractivity contribution in [3.63, 3.8) is 0 Å². The van der Waals surface area contributed by atoms with Crippen LogP contribution in [0.15, 0.2) is 35.3 Å². The minimum atomic E-state index is -0.440. The topological polar surface area (TPSA) is 59.5 Å². The average Bonchev–Trinajstić information content (AvgIpc) is 3.16. The maximum absolute atomic E-state index is 13.0. The molecule has 132 valence electrons. The third-order valence-electron chi connectivity index (χ3n) is 4.99. The largest absolute Gasteiger partial charge is 0.328 e. The first-order chi connectivity index (χ1) is 12.0. The van der Waals surface area contributed by atoms with Gasteiger partial charge in [0.05, 0.1) is 0 Å². The van der Waals surface area contributed by atoms with E-state index in [0.717, 1.165) is 24.7 Å². The van der Waals surface area contributed by atoms with E-state index in [0.29, 0.717) is 6.54 Å². The molecule has 1 aromatic rings. The van der Waals surface area contributed by atoms with Crippen LogP contribution in [-0.4, -0.2) is 71.5 Å². The summed E-state index contributed by atoms with van der Waals surface area (Å²) in [6.45, 7) is 5.99. The van der Waals surface area contributed by atoms with Crippen LogP contribution in [0, 0.1) is 5.92 Å². The van der Waals surface area contributed by atoms with Crippen LogP contribution in [0.2, 0.25) is 0 Å². The zero-order valence-corrected chi connectivity index (χ0v) is 14.8. The molecule has 0 N–H and O–H groups in total. The number of carbonyl (C=O) groups excluding carboxylic acids is 2. The van der Waals surface area contributed by atoms with Gasteiger partial charge in [0.25, 0.3) is 5.91 Å². The lowest BCUT2D eigenvalue weighted by Crippen LogP contribution is -2.65. The Morgan fingerprint density at radius 3 is 2.56 bits per heavy atom. The van der Waals surface area contributed by atoms with Crippen LogP contribution < -0.4 is 4.90 Å². The minimum absolute atomic E-state index is 0.129. The lowest BCUT2D eigenvalue weighted by atomic mass is 10.1. The number of urea groups is 1. The Morgan fingerprint density at radius 2 is 1.88 bits per heavy atom. The van der Waals surface area contributed by atoms with E-state index >= 15 is 0 Å². The smallest absolute Gasteiger partial charge is 0.325 e. The van der Waals surface area contributed by atoms with Gasteiger partial charge in [0.1, 0.15) is 0 Å². The molecule has 3 aliphatic heterocycles. The van der Waals surface area contributed by atoms with Gasteiger partial charge in [0, 0.05) is 32.4 Å². The van der Waals surface area contributed by atoms with Crippen molar-refractivity contribution in [2.75, 3.05) is 31.6 Å². The predicted octanol–water partition coefficient (Wildman–Crippen LogP) is 1.42. The van der Waals surface area contributed by atoms with Crippen molar-refractivity contribution in [3.05, 3.63) is 30.3 Å². The van der Waals surface area contributed by atoms with E-state index in [-0.39, 0.29) is 17.9 Å². The molecule has 0 aromatic heterocycles. The highest BCUT2D eigenvalue weighted by molar-refractivity contribution is 6.07. The number of para-hydroxylation sites is 1. The second-order valence-corrected chi connectivity index (χ2v) is 7.20. The first kappa shape index (κ1) is 15.9. The SMILES string of the molecule is CC(C)CN1C(=O)C2C(N=C3N(c4ccccc4)CCN32)N(C)C1=O. The third kappa shape index (κ3) is 2.37. The van der Waals surface area contributed by atoms with Gasteiger partial charge in [-0.3, -0.25) is 9.69 Å². The van der Waals surface area contributed by atoms with Crippen molar-refractivity contribution in [2.45, 2.75) is 26.1 Å². The number of imide groups is 1. The zero-order valence-electron chi connectivity index (χ0n) is 14.8. The lowest BCUT2D eigenvalue weighted by Gasteiger charge is -2.41. The molecule has 3 heterocycles. The number of hydrogen-bond acceptors (Lipinski definition) is 5. The number of benzene rings is 1. The van der Waals surface area contributed by atoms with Gasteiger partial charge < -0.3 is 14.7 Å². The molecule has 1 aromatic carbocycles. The molecule has 2 saturated heterocycles. The Kier molecular flexibility index (Phi) is 3.67. The highest BCUT2D eigenvalue weighted by Crippen LogP contribution is 2.33. The fourth-order valence-corrected chi connectivity index (χ4v) is 3.82. The molecule has 2 fully saturated rings. The molecule has 2 unspecified atom stereocenters. The summed E-state index contributed by atoms with van der Waals surface area (Å²) in [6, 6.07) is 9.37. The van der Waals surface area contributed by atoms with Gasteiger partial charge in [-0.1, -0.05) is 32.0 Å².